The van der Waals surface area contributed by atoms with Gasteiger partial charge in [0.1, 0.15) is 18.1 Å². The number of ether oxygens (including phenoxy) is 1. The molecule has 2 aromatic rings. The molecule has 2 atom stereocenters. The van der Waals surface area contributed by atoms with Crippen molar-refractivity contribution in [1.82, 2.24) is 24.4 Å². The van der Waals surface area contributed by atoms with Gasteiger partial charge in [0.2, 0.25) is 0 Å². The summed E-state index contributed by atoms with van der Waals surface area (Å²) in [5, 5.41) is 0. The summed E-state index contributed by atoms with van der Waals surface area (Å²) in [6, 6.07) is 0. The average Bonchev–Trinajstić information content (AvgIpc) is 3.06. The highest BCUT2D eigenvalue weighted by Crippen LogP contribution is 2.42. The quantitative estimate of drug-likeness (QED) is 0.686. The average molecular weight is 421 g/mol. The highest BCUT2D eigenvalue weighted by molar-refractivity contribution is 6.77. The summed E-state index contributed by atoms with van der Waals surface area (Å²) < 4.78 is 15.2. The molecule has 1 aliphatic rings. The van der Waals surface area contributed by atoms with Crippen LogP contribution in [0.4, 0.5) is 5.82 Å². The molecule has 0 spiro atoms. The minimum atomic E-state index is -1.93. The Hall–Kier alpha value is -1.55. The highest BCUT2D eigenvalue weighted by atomic mass is 28.4. The third kappa shape index (κ3) is 4.19. The molecule has 1 fully saturated rings. The van der Waals surface area contributed by atoms with Gasteiger partial charge in [0.15, 0.2) is 19.8 Å². The first kappa shape index (κ1) is 22.1. The molecule has 8 nitrogen and oxygen atoms in total. The fraction of sp³-hybridized carbons (Fsp3) is 0.750. The number of nitrogen functional groups attached to an aromatic ring is 1. The minimum Gasteiger partial charge on any atom is -0.413 e. The fourth-order valence-corrected chi connectivity index (χ4v) is 10.5. The number of hydrogen-bond donors (Lipinski definition) is 1. The Kier molecular flexibility index (Phi) is 6.62. The molecule has 1 saturated heterocycles. The number of likely N-dealkylation sites (N-methyl/N-ethyl adjacent to an activating group) is 1. The van der Waals surface area contributed by atoms with Gasteiger partial charge in [-0.05, 0) is 23.7 Å². The maximum Gasteiger partial charge on any atom is 0.200 e. The number of nitrogens with two attached hydrogens (primary N) is 1. The molecule has 1 aliphatic heterocycles. The summed E-state index contributed by atoms with van der Waals surface area (Å²) in [5.74, 6) is 0.388. The lowest BCUT2D eigenvalue weighted by molar-refractivity contribution is -0.126. The molecule has 0 saturated carbocycles. The second-order valence-electron chi connectivity index (χ2n) is 9.15. The van der Waals surface area contributed by atoms with E-state index in [1.807, 2.05) is 4.57 Å². The minimum absolute atomic E-state index is 0.00138. The molecule has 0 bridgehead atoms. The lowest BCUT2D eigenvalue weighted by Gasteiger charge is -2.44. The van der Waals surface area contributed by atoms with Crippen LogP contribution in [-0.4, -0.2) is 65.6 Å². The van der Waals surface area contributed by atoms with Crippen molar-refractivity contribution in [3.8, 4) is 0 Å². The number of morpholine rings is 1. The summed E-state index contributed by atoms with van der Waals surface area (Å²) >= 11 is 0. The monoisotopic (exact) mass is 420 g/mol. The van der Waals surface area contributed by atoms with Crippen LogP contribution >= 0.6 is 0 Å². The van der Waals surface area contributed by atoms with Crippen molar-refractivity contribution in [1.29, 1.82) is 0 Å². The van der Waals surface area contributed by atoms with Gasteiger partial charge < -0.3 is 14.9 Å². The van der Waals surface area contributed by atoms with Gasteiger partial charge in [-0.3, -0.25) is 9.47 Å². The predicted octanol–water partition coefficient (Wildman–Crippen LogP) is 3.43. The predicted molar refractivity (Wildman–Crippen MR) is 118 cm³/mol. The van der Waals surface area contributed by atoms with E-state index in [1.165, 1.54) is 6.33 Å². The van der Waals surface area contributed by atoms with Crippen molar-refractivity contribution in [3.63, 3.8) is 0 Å². The fourth-order valence-electron chi connectivity index (χ4n) is 5.06. The van der Waals surface area contributed by atoms with Crippen molar-refractivity contribution in [2.75, 3.05) is 32.5 Å². The number of fused-ring (bicyclic) bond motifs is 1. The van der Waals surface area contributed by atoms with E-state index in [9.17, 15) is 0 Å². The summed E-state index contributed by atoms with van der Waals surface area (Å²) in [5.41, 5.74) is 8.91. The largest absolute Gasteiger partial charge is 0.413 e. The van der Waals surface area contributed by atoms with E-state index in [0.717, 1.165) is 13.1 Å². The third-order valence-corrected chi connectivity index (χ3v) is 12.3. The molecule has 2 aromatic heterocycles. The van der Waals surface area contributed by atoms with Crippen LogP contribution in [0.25, 0.3) is 11.2 Å². The van der Waals surface area contributed by atoms with E-state index in [1.54, 1.807) is 6.33 Å². The molecule has 2 unspecified atom stereocenters. The van der Waals surface area contributed by atoms with Gasteiger partial charge in [-0.2, -0.15) is 0 Å². The summed E-state index contributed by atoms with van der Waals surface area (Å²) in [4.78, 5) is 15.1. The van der Waals surface area contributed by atoms with Crippen LogP contribution < -0.4 is 5.73 Å². The van der Waals surface area contributed by atoms with Crippen molar-refractivity contribution < 1.29 is 9.16 Å². The zero-order valence-corrected chi connectivity index (χ0v) is 19.8. The van der Waals surface area contributed by atoms with Gasteiger partial charge in [-0.25, -0.2) is 15.0 Å². The summed E-state index contributed by atoms with van der Waals surface area (Å²) in [6.07, 6.45) is 3.03. The molecule has 29 heavy (non-hydrogen) atoms. The normalized spacial score (nSPS) is 21.7. The Morgan fingerprint density at radius 3 is 2.38 bits per heavy atom. The smallest absolute Gasteiger partial charge is 0.200 e. The van der Waals surface area contributed by atoms with Gasteiger partial charge in [0.05, 0.1) is 19.0 Å². The van der Waals surface area contributed by atoms with Crippen LogP contribution in [0.1, 0.15) is 47.8 Å². The van der Waals surface area contributed by atoms with Crippen molar-refractivity contribution in [3.05, 3.63) is 12.7 Å². The zero-order chi connectivity index (χ0) is 21.3. The van der Waals surface area contributed by atoms with Gasteiger partial charge in [-0.15, -0.1) is 0 Å². The van der Waals surface area contributed by atoms with Crippen LogP contribution in [-0.2, 0) is 9.16 Å². The number of hydrogen-bond acceptors (Lipinski definition) is 7. The Balaban J connectivity index is 1.78. The first-order valence-electron chi connectivity index (χ1n) is 10.6. The van der Waals surface area contributed by atoms with Crippen LogP contribution in [0.2, 0.25) is 16.6 Å². The number of nitrogens with zero attached hydrogens (tertiary/aromatic N) is 5. The zero-order valence-electron chi connectivity index (χ0n) is 18.8. The lowest BCUT2D eigenvalue weighted by Crippen LogP contribution is -2.52. The van der Waals surface area contributed by atoms with Crippen molar-refractivity contribution in [2.45, 2.75) is 70.5 Å². The molecule has 3 rings (SSSR count). The standard InChI is InChI=1S/C20H36N6O2Si/c1-13(2)29(14(3)4,15(5)6)27-10-16-8-25(7)9-17(28-16)26-12-24-18-19(21)22-11-23-20(18)26/h11-17H,8-10H2,1-7H3,(H2,21,22,23). The topological polar surface area (TPSA) is 91.3 Å². The molecule has 0 radical (unpaired) electrons. The van der Waals surface area contributed by atoms with E-state index >= 15 is 0 Å². The summed E-state index contributed by atoms with van der Waals surface area (Å²) in [6.45, 7) is 16.1. The number of aromatic nitrogens is 4. The highest BCUT2D eigenvalue weighted by Gasteiger charge is 2.45. The maximum absolute atomic E-state index is 6.79. The van der Waals surface area contributed by atoms with E-state index in [-0.39, 0.29) is 12.3 Å². The molecular weight excluding hydrogens is 384 g/mol. The Labute approximate surface area is 174 Å². The molecular formula is C20H36N6O2Si. The van der Waals surface area contributed by atoms with Crippen LogP contribution in [0.5, 0.6) is 0 Å². The van der Waals surface area contributed by atoms with Crippen LogP contribution in [0.15, 0.2) is 12.7 Å². The number of imidazole rings is 1. The summed E-state index contributed by atoms with van der Waals surface area (Å²) in [7, 11) is 0.186. The molecule has 0 amide bonds. The number of rotatable bonds is 7. The molecule has 162 valence electrons. The van der Waals surface area contributed by atoms with Crippen molar-refractivity contribution >= 4 is 25.3 Å². The molecule has 0 aromatic carbocycles. The lowest BCUT2D eigenvalue weighted by atomic mass is 10.3. The van der Waals surface area contributed by atoms with Gasteiger partial charge in [0.25, 0.3) is 0 Å². The molecule has 9 heteroatoms. The van der Waals surface area contributed by atoms with Gasteiger partial charge in [0, 0.05) is 13.1 Å². The SMILES string of the molecule is CC(C)[Si](OCC1CN(C)CC(n2cnc3c(N)ncnc32)O1)(C(C)C)C(C)C. The molecule has 3 heterocycles. The van der Waals surface area contributed by atoms with Crippen LogP contribution in [0, 0.1) is 0 Å². The Bertz CT molecular complexity index is 803. The molecule has 2 N–H and O–H groups in total. The van der Waals surface area contributed by atoms with Crippen molar-refractivity contribution in [2.24, 2.45) is 0 Å². The Morgan fingerprint density at radius 2 is 1.76 bits per heavy atom. The van der Waals surface area contributed by atoms with Gasteiger partial charge in [-0.1, -0.05) is 41.5 Å². The number of anilines is 1. The second kappa shape index (κ2) is 8.67. The van der Waals surface area contributed by atoms with E-state index < -0.39 is 8.32 Å². The van der Waals surface area contributed by atoms with E-state index in [4.69, 9.17) is 14.9 Å². The first-order valence-corrected chi connectivity index (χ1v) is 12.7. The van der Waals surface area contributed by atoms with E-state index in [2.05, 4.69) is 68.4 Å². The molecule has 0 aliphatic carbocycles. The van der Waals surface area contributed by atoms with Gasteiger partial charge >= 0.3 is 0 Å². The maximum atomic E-state index is 6.79. The third-order valence-electron chi connectivity index (χ3n) is 6.26. The van der Waals surface area contributed by atoms with E-state index in [0.29, 0.717) is 40.2 Å². The second-order valence-corrected chi connectivity index (χ2v) is 14.6. The first-order chi connectivity index (χ1) is 13.7. The Morgan fingerprint density at radius 1 is 1.10 bits per heavy atom. The van der Waals surface area contributed by atoms with Crippen LogP contribution in [0.3, 0.4) is 0 Å².